The van der Waals surface area contributed by atoms with Crippen LogP contribution in [0.25, 0.3) is 22.3 Å². The Kier molecular flexibility index (Phi) is 4.27. The lowest BCUT2D eigenvalue weighted by Crippen LogP contribution is -2.13. The van der Waals surface area contributed by atoms with Crippen molar-refractivity contribution in [1.82, 2.24) is 29.7 Å². The molecule has 0 aliphatic rings. The summed E-state index contributed by atoms with van der Waals surface area (Å²) < 4.78 is 39.7. The van der Waals surface area contributed by atoms with Crippen molar-refractivity contribution in [2.75, 3.05) is 0 Å². The molecule has 140 valence electrons. The molecule has 0 fully saturated rings. The fourth-order valence-electron chi connectivity index (χ4n) is 2.95. The number of nitrogens with zero attached hydrogens (tertiary/aromatic N) is 6. The van der Waals surface area contributed by atoms with Gasteiger partial charge in [-0.3, -0.25) is 9.67 Å². The van der Waals surface area contributed by atoms with Crippen molar-refractivity contribution in [2.24, 2.45) is 0 Å². The number of pyridine rings is 1. The monoisotopic (exact) mass is 383 g/mol. The molecule has 0 aliphatic carbocycles. The number of halogens is 3. The first-order valence-electron chi connectivity index (χ1n) is 8.20. The van der Waals surface area contributed by atoms with E-state index >= 15 is 0 Å². The van der Waals surface area contributed by atoms with Crippen LogP contribution in [0, 0.1) is 11.3 Å². The van der Waals surface area contributed by atoms with Crippen molar-refractivity contribution in [2.45, 2.75) is 18.6 Å². The maximum Gasteiger partial charge on any atom is 0.433 e. The average molecular weight is 383 g/mol. The number of H-pyrrole nitrogens is 1. The molecule has 1 atom stereocenters. The topological polar surface area (TPSA) is 96.1 Å². The normalized spacial score (nSPS) is 12.8. The van der Waals surface area contributed by atoms with Crippen LogP contribution in [0.5, 0.6) is 0 Å². The third-order valence-electron chi connectivity index (χ3n) is 4.29. The second kappa shape index (κ2) is 6.77. The first-order valence-corrected chi connectivity index (χ1v) is 8.20. The largest absolute Gasteiger partial charge is 0.433 e. The van der Waals surface area contributed by atoms with Crippen molar-refractivity contribution in [3.05, 3.63) is 60.6 Å². The number of fused-ring (bicyclic) bond motifs is 1. The standard InChI is InChI=1S/C18H12F3N7/c19-18(20,21)15-2-1-11(7-24-15)14(3-5-22)28-9-12(8-27-28)16-13-4-6-23-17(13)26-10-25-16/h1-2,4,6-10,14H,3H2,(H,23,25,26). The van der Waals surface area contributed by atoms with Gasteiger partial charge < -0.3 is 4.98 Å². The van der Waals surface area contributed by atoms with Gasteiger partial charge in [-0.2, -0.15) is 23.5 Å². The number of rotatable bonds is 4. The quantitative estimate of drug-likeness (QED) is 0.579. The van der Waals surface area contributed by atoms with E-state index < -0.39 is 17.9 Å². The Morgan fingerprint density at radius 1 is 1.14 bits per heavy atom. The Morgan fingerprint density at radius 3 is 2.71 bits per heavy atom. The predicted molar refractivity (Wildman–Crippen MR) is 92.7 cm³/mol. The van der Waals surface area contributed by atoms with Gasteiger partial charge in [0.2, 0.25) is 0 Å². The number of aromatic nitrogens is 6. The molecule has 0 amide bonds. The molecule has 0 radical (unpaired) electrons. The Bertz CT molecular complexity index is 1150. The highest BCUT2D eigenvalue weighted by atomic mass is 19.4. The van der Waals surface area contributed by atoms with Crippen molar-refractivity contribution >= 4 is 11.0 Å². The molecule has 0 bridgehead atoms. The van der Waals surface area contributed by atoms with Crippen LogP contribution >= 0.6 is 0 Å². The molecule has 1 N–H and O–H groups in total. The van der Waals surface area contributed by atoms with Gasteiger partial charge in [0.25, 0.3) is 0 Å². The summed E-state index contributed by atoms with van der Waals surface area (Å²) in [6.45, 7) is 0. The van der Waals surface area contributed by atoms with Crippen molar-refractivity contribution in [1.29, 1.82) is 5.26 Å². The smallest absolute Gasteiger partial charge is 0.346 e. The second-order valence-corrected chi connectivity index (χ2v) is 6.02. The van der Waals surface area contributed by atoms with Crippen LogP contribution in [-0.2, 0) is 6.18 Å². The zero-order valence-electron chi connectivity index (χ0n) is 14.2. The lowest BCUT2D eigenvalue weighted by Gasteiger charge is -2.15. The lowest BCUT2D eigenvalue weighted by molar-refractivity contribution is -0.141. The van der Waals surface area contributed by atoms with E-state index in [-0.39, 0.29) is 6.42 Å². The van der Waals surface area contributed by atoms with Gasteiger partial charge in [0.05, 0.1) is 30.4 Å². The third-order valence-corrected chi connectivity index (χ3v) is 4.29. The zero-order valence-corrected chi connectivity index (χ0v) is 14.2. The van der Waals surface area contributed by atoms with Crippen LogP contribution < -0.4 is 0 Å². The third kappa shape index (κ3) is 3.18. The SMILES string of the molecule is N#CCC(c1ccc(C(F)(F)F)nc1)n1cc(-c2ncnc3[nH]ccc23)cn1. The Labute approximate surface area is 156 Å². The van der Waals surface area contributed by atoms with Gasteiger partial charge in [0.15, 0.2) is 0 Å². The number of nitrogens with one attached hydrogen (secondary N) is 1. The van der Waals surface area contributed by atoms with Crippen molar-refractivity contribution in [3.8, 4) is 17.3 Å². The van der Waals surface area contributed by atoms with E-state index in [1.54, 1.807) is 18.6 Å². The first kappa shape index (κ1) is 17.7. The van der Waals surface area contributed by atoms with E-state index in [0.717, 1.165) is 17.6 Å². The summed E-state index contributed by atoms with van der Waals surface area (Å²) in [6.07, 6.45) is 3.11. The molecular weight excluding hydrogens is 371 g/mol. The minimum atomic E-state index is -4.52. The minimum absolute atomic E-state index is 0.0253. The van der Waals surface area contributed by atoms with E-state index in [1.807, 2.05) is 12.1 Å². The first-order chi connectivity index (χ1) is 13.5. The molecule has 4 aromatic rings. The Morgan fingerprint density at radius 2 is 2.00 bits per heavy atom. The summed E-state index contributed by atoms with van der Waals surface area (Å²) in [7, 11) is 0. The molecule has 4 rings (SSSR count). The van der Waals surface area contributed by atoms with E-state index in [2.05, 4.69) is 25.0 Å². The van der Waals surface area contributed by atoms with Crippen LogP contribution in [0.4, 0.5) is 13.2 Å². The van der Waals surface area contributed by atoms with Crippen LogP contribution in [0.3, 0.4) is 0 Å². The van der Waals surface area contributed by atoms with Gasteiger partial charge in [-0.1, -0.05) is 6.07 Å². The number of hydrogen-bond donors (Lipinski definition) is 1. The summed E-state index contributed by atoms with van der Waals surface area (Å²) >= 11 is 0. The molecule has 7 nitrogen and oxygen atoms in total. The lowest BCUT2D eigenvalue weighted by atomic mass is 10.1. The van der Waals surface area contributed by atoms with E-state index in [1.165, 1.54) is 17.1 Å². The molecule has 4 aromatic heterocycles. The van der Waals surface area contributed by atoms with Crippen LogP contribution in [0.2, 0.25) is 0 Å². The van der Waals surface area contributed by atoms with Crippen molar-refractivity contribution in [3.63, 3.8) is 0 Å². The van der Waals surface area contributed by atoms with Gasteiger partial charge >= 0.3 is 6.18 Å². The summed E-state index contributed by atoms with van der Waals surface area (Å²) in [5.74, 6) is 0. The van der Waals surface area contributed by atoms with Gasteiger partial charge in [0.1, 0.15) is 17.7 Å². The zero-order chi connectivity index (χ0) is 19.7. The van der Waals surface area contributed by atoms with Gasteiger partial charge in [-0.15, -0.1) is 0 Å². The molecule has 28 heavy (non-hydrogen) atoms. The number of nitriles is 1. The van der Waals surface area contributed by atoms with E-state index in [9.17, 15) is 13.2 Å². The highest BCUT2D eigenvalue weighted by Crippen LogP contribution is 2.30. The second-order valence-electron chi connectivity index (χ2n) is 6.02. The van der Waals surface area contributed by atoms with Crippen molar-refractivity contribution < 1.29 is 13.2 Å². The molecule has 0 aliphatic heterocycles. The van der Waals surface area contributed by atoms with Crippen LogP contribution in [0.1, 0.15) is 23.7 Å². The molecule has 0 saturated heterocycles. The van der Waals surface area contributed by atoms with Gasteiger partial charge in [-0.25, -0.2) is 9.97 Å². The molecule has 0 spiro atoms. The maximum atomic E-state index is 12.7. The summed E-state index contributed by atoms with van der Waals surface area (Å²) in [5.41, 5.74) is 1.52. The molecule has 0 saturated carbocycles. The molecule has 10 heteroatoms. The van der Waals surface area contributed by atoms with Crippen LogP contribution in [0.15, 0.2) is 49.3 Å². The minimum Gasteiger partial charge on any atom is -0.346 e. The molecule has 1 unspecified atom stereocenters. The fraction of sp³-hybridized carbons (Fsp3) is 0.167. The fourth-order valence-corrected chi connectivity index (χ4v) is 2.95. The predicted octanol–water partition coefficient (Wildman–Crippen LogP) is 3.74. The van der Waals surface area contributed by atoms with E-state index in [4.69, 9.17) is 5.26 Å². The summed E-state index contributed by atoms with van der Waals surface area (Å²) in [5, 5.41) is 14.3. The van der Waals surface area contributed by atoms with Gasteiger partial charge in [0, 0.05) is 29.5 Å². The Hall–Kier alpha value is -3.74. The summed E-state index contributed by atoms with van der Waals surface area (Å²) in [4.78, 5) is 14.9. The maximum absolute atomic E-state index is 12.7. The molecular formula is C18H12F3N7. The molecule has 0 aromatic carbocycles. The number of hydrogen-bond acceptors (Lipinski definition) is 5. The number of aromatic amines is 1. The number of alkyl halides is 3. The Balaban J connectivity index is 1.70. The average Bonchev–Trinajstić information content (AvgIpc) is 3.34. The van der Waals surface area contributed by atoms with Crippen LogP contribution in [-0.4, -0.2) is 29.7 Å². The summed E-state index contributed by atoms with van der Waals surface area (Å²) in [6, 6.07) is 5.53. The van der Waals surface area contributed by atoms with E-state index in [0.29, 0.717) is 22.5 Å². The highest BCUT2D eigenvalue weighted by Gasteiger charge is 2.32. The highest BCUT2D eigenvalue weighted by molar-refractivity contribution is 5.89. The molecule has 4 heterocycles. The van der Waals surface area contributed by atoms with Gasteiger partial charge in [-0.05, 0) is 17.7 Å².